The van der Waals surface area contributed by atoms with Crippen molar-refractivity contribution in [3.63, 3.8) is 0 Å². The number of piperazine rings is 1. The maximum atomic E-state index is 3.63. The van der Waals surface area contributed by atoms with Gasteiger partial charge in [-0.15, -0.1) is 0 Å². The molecule has 0 aromatic heterocycles. The third-order valence-electron chi connectivity index (χ3n) is 4.20. The first kappa shape index (κ1) is 14.5. The summed E-state index contributed by atoms with van der Waals surface area (Å²) in [6.07, 6.45) is 2.57. The molecule has 0 bridgehead atoms. The number of benzene rings is 1. The molecule has 1 heterocycles. The summed E-state index contributed by atoms with van der Waals surface area (Å²) in [7, 11) is 0. The van der Waals surface area contributed by atoms with Crippen LogP contribution in [0.25, 0.3) is 0 Å². The van der Waals surface area contributed by atoms with Crippen LogP contribution in [0, 0.1) is 20.8 Å². The second-order valence-corrected chi connectivity index (χ2v) is 6.05. The Kier molecular flexibility index (Phi) is 5.00. The molecule has 1 atom stereocenters. The van der Waals surface area contributed by atoms with Gasteiger partial charge in [0.2, 0.25) is 0 Å². The van der Waals surface area contributed by atoms with Crippen molar-refractivity contribution >= 4 is 0 Å². The monoisotopic (exact) mass is 260 g/mol. The van der Waals surface area contributed by atoms with Crippen molar-refractivity contribution < 1.29 is 0 Å². The summed E-state index contributed by atoms with van der Waals surface area (Å²) in [5.41, 5.74) is 5.80. The van der Waals surface area contributed by atoms with Gasteiger partial charge < -0.3 is 5.32 Å². The fraction of sp³-hybridized carbons (Fsp3) is 0.647. The summed E-state index contributed by atoms with van der Waals surface area (Å²) in [6.45, 7) is 13.6. The molecule has 106 valence electrons. The van der Waals surface area contributed by atoms with Crippen molar-refractivity contribution in [2.75, 3.05) is 19.6 Å². The first-order valence-corrected chi connectivity index (χ1v) is 7.62. The van der Waals surface area contributed by atoms with Gasteiger partial charge in [-0.1, -0.05) is 31.0 Å². The van der Waals surface area contributed by atoms with E-state index in [0.29, 0.717) is 6.04 Å². The molecule has 2 heteroatoms. The van der Waals surface area contributed by atoms with E-state index in [1.165, 1.54) is 48.2 Å². The molecule has 19 heavy (non-hydrogen) atoms. The Morgan fingerprint density at radius 2 is 1.89 bits per heavy atom. The normalized spacial score (nSPS) is 20.7. The minimum Gasteiger partial charge on any atom is -0.311 e. The van der Waals surface area contributed by atoms with Crippen LogP contribution in [0.4, 0.5) is 0 Å². The fourth-order valence-corrected chi connectivity index (χ4v) is 3.26. The highest BCUT2D eigenvalue weighted by atomic mass is 15.2. The smallest absolute Gasteiger partial charge is 0.0240 e. The molecular weight excluding hydrogens is 232 g/mol. The van der Waals surface area contributed by atoms with Gasteiger partial charge in [-0.2, -0.15) is 0 Å². The van der Waals surface area contributed by atoms with Gasteiger partial charge in [0.15, 0.2) is 0 Å². The SMILES string of the molecule is CCCC1CN(Cc2c(C)cc(C)cc2C)CCN1. The number of nitrogens with one attached hydrogen (secondary N) is 1. The lowest BCUT2D eigenvalue weighted by Gasteiger charge is -2.34. The molecule has 1 N–H and O–H groups in total. The molecule has 1 aromatic carbocycles. The van der Waals surface area contributed by atoms with Crippen LogP contribution in [0.3, 0.4) is 0 Å². The summed E-state index contributed by atoms with van der Waals surface area (Å²) in [4.78, 5) is 2.61. The predicted octanol–water partition coefficient (Wildman–Crippen LogP) is 3.19. The summed E-state index contributed by atoms with van der Waals surface area (Å²) in [6, 6.07) is 5.31. The van der Waals surface area contributed by atoms with Gasteiger partial charge in [0.25, 0.3) is 0 Å². The van der Waals surface area contributed by atoms with Crippen molar-refractivity contribution in [1.29, 1.82) is 0 Å². The Morgan fingerprint density at radius 3 is 2.53 bits per heavy atom. The summed E-state index contributed by atoms with van der Waals surface area (Å²) >= 11 is 0. The Hall–Kier alpha value is -0.860. The van der Waals surface area contributed by atoms with Crippen LogP contribution in [0.5, 0.6) is 0 Å². The van der Waals surface area contributed by atoms with Crippen LogP contribution < -0.4 is 5.32 Å². The first-order chi connectivity index (χ1) is 9.10. The molecule has 0 amide bonds. The lowest BCUT2D eigenvalue weighted by Crippen LogP contribution is -2.50. The summed E-state index contributed by atoms with van der Waals surface area (Å²) in [5, 5.41) is 3.63. The zero-order valence-corrected chi connectivity index (χ0v) is 12.9. The number of nitrogens with zero attached hydrogens (tertiary/aromatic N) is 1. The van der Waals surface area contributed by atoms with Crippen molar-refractivity contribution in [1.82, 2.24) is 10.2 Å². The van der Waals surface area contributed by atoms with Gasteiger partial charge in [-0.25, -0.2) is 0 Å². The number of hydrogen-bond acceptors (Lipinski definition) is 2. The van der Waals surface area contributed by atoms with Crippen molar-refractivity contribution in [2.24, 2.45) is 0 Å². The lowest BCUT2D eigenvalue weighted by molar-refractivity contribution is 0.186. The van der Waals surface area contributed by atoms with Crippen LogP contribution in [0.15, 0.2) is 12.1 Å². The molecule has 0 spiro atoms. The van der Waals surface area contributed by atoms with Crippen molar-refractivity contribution in [2.45, 2.75) is 53.1 Å². The second kappa shape index (κ2) is 6.53. The van der Waals surface area contributed by atoms with Gasteiger partial charge >= 0.3 is 0 Å². The molecule has 2 rings (SSSR count). The Labute approximate surface area is 118 Å². The van der Waals surface area contributed by atoms with E-state index in [1.54, 1.807) is 0 Å². The Balaban J connectivity index is 2.04. The third-order valence-corrected chi connectivity index (χ3v) is 4.20. The van der Waals surface area contributed by atoms with Crippen molar-refractivity contribution in [3.8, 4) is 0 Å². The van der Waals surface area contributed by atoms with E-state index in [2.05, 4.69) is 50.0 Å². The van der Waals surface area contributed by atoms with Crippen molar-refractivity contribution in [3.05, 3.63) is 34.4 Å². The van der Waals surface area contributed by atoms with Gasteiger partial charge in [-0.3, -0.25) is 4.90 Å². The maximum absolute atomic E-state index is 3.63. The summed E-state index contributed by atoms with van der Waals surface area (Å²) in [5.74, 6) is 0. The fourth-order valence-electron chi connectivity index (χ4n) is 3.26. The zero-order chi connectivity index (χ0) is 13.8. The zero-order valence-electron chi connectivity index (χ0n) is 12.9. The van der Waals surface area contributed by atoms with E-state index in [4.69, 9.17) is 0 Å². The largest absolute Gasteiger partial charge is 0.311 e. The molecule has 0 aliphatic carbocycles. The van der Waals surface area contributed by atoms with E-state index in [9.17, 15) is 0 Å². The molecule has 0 radical (unpaired) electrons. The molecule has 1 saturated heterocycles. The van der Waals surface area contributed by atoms with E-state index in [0.717, 1.165) is 13.1 Å². The molecule has 2 nitrogen and oxygen atoms in total. The van der Waals surface area contributed by atoms with Gasteiger partial charge in [0.1, 0.15) is 0 Å². The van der Waals surface area contributed by atoms with Gasteiger partial charge in [0.05, 0.1) is 0 Å². The minimum absolute atomic E-state index is 0.685. The molecular formula is C17H28N2. The molecule has 1 fully saturated rings. The van der Waals surface area contributed by atoms with E-state index in [-0.39, 0.29) is 0 Å². The van der Waals surface area contributed by atoms with Crippen LogP contribution in [-0.2, 0) is 6.54 Å². The Bertz CT molecular complexity index is 400. The highest BCUT2D eigenvalue weighted by Gasteiger charge is 2.19. The highest BCUT2D eigenvalue weighted by molar-refractivity contribution is 5.37. The van der Waals surface area contributed by atoms with E-state index < -0.39 is 0 Å². The average Bonchev–Trinajstić information content (AvgIpc) is 2.35. The van der Waals surface area contributed by atoms with Crippen LogP contribution in [0.2, 0.25) is 0 Å². The van der Waals surface area contributed by atoms with Crippen LogP contribution in [-0.4, -0.2) is 30.6 Å². The topological polar surface area (TPSA) is 15.3 Å². The molecule has 0 saturated carbocycles. The van der Waals surface area contributed by atoms with E-state index >= 15 is 0 Å². The molecule has 1 aromatic rings. The van der Waals surface area contributed by atoms with Gasteiger partial charge in [-0.05, 0) is 43.9 Å². The average molecular weight is 260 g/mol. The summed E-state index contributed by atoms with van der Waals surface area (Å²) < 4.78 is 0. The Morgan fingerprint density at radius 1 is 1.21 bits per heavy atom. The van der Waals surface area contributed by atoms with Crippen LogP contribution >= 0.6 is 0 Å². The molecule has 1 aliphatic rings. The quantitative estimate of drug-likeness (QED) is 0.894. The number of rotatable bonds is 4. The molecule has 1 aliphatic heterocycles. The minimum atomic E-state index is 0.685. The molecule has 1 unspecified atom stereocenters. The number of hydrogen-bond donors (Lipinski definition) is 1. The maximum Gasteiger partial charge on any atom is 0.0240 e. The first-order valence-electron chi connectivity index (χ1n) is 7.62. The highest BCUT2D eigenvalue weighted by Crippen LogP contribution is 2.19. The van der Waals surface area contributed by atoms with E-state index in [1.807, 2.05) is 0 Å². The second-order valence-electron chi connectivity index (χ2n) is 6.05. The standard InChI is InChI=1S/C17H28N2/c1-5-6-16-11-19(8-7-18-16)12-17-14(3)9-13(2)10-15(17)4/h9-10,16,18H,5-8,11-12H2,1-4H3. The number of aryl methyl sites for hydroxylation is 3. The third kappa shape index (κ3) is 3.80. The predicted molar refractivity (Wildman–Crippen MR) is 82.6 cm³/mol. The van der Waals surface area contributed by atoms with Gasteiger partial charge in [0, 0.05) is 32.2 Å². The van der Waals surface area contributed by atoms with Crippen LogP contribution in [0.1, 0.15) is 42.0 Å². The lowest BCUT2D eigenvalue weighted by atomic mass is 9.98.